The van der Waals surface area contributed by atoms with Gasteiger partial charge < -0.3 is 9.47 Å². The number of rotatable bonds is 5. The zero-order chi connectivity index (χ0) is 15.4. The van der Waals surface area contributed by atoms with E-state index in [9.17, 15) is 4.79 Å². The predicted molar refractivity (Wildman–Crippen MR) is 82.9 cm³/mol. The third kappa shape index (κ3) is 3.52. The molecule has 2 heterocycles. The molecule has 0 bridgehead atoms. The molecule has 5 heteroatoms. The van der Waals surface area contributed by atoms with Crippen LogP contribution >= 0.6 is 0 Å². The summed E-state index contributed by atoms with van der Waals surface area (Å²) in [6.45, 7) is 9.75. The van der Waals surface area contributed by atoms with Crippen LogP contribution in [0.15, 0.2) is 12.2 Å². The summed E-state index contributed by atoms with van der Waals surface area (Å²) in [7, 11) is 0. The van der Waals surface area contributed by atoms with Gasteiger partial charge in [0.2, 0.25) is 5.91 Å². The van der Waals surface area contributed by atoms with E-state index in [-0.39, 0.29) is 11.9 Å². The van der Waals surface area contributed by atoms with Crippen molar-refractivity contribution >= 4 is 5.91 Å². The third-order valence-corrected chi connectivity index (χ3v) is 3.92. The molecule has 1 aliphatic rings. The number of allylic oxidation sites excluding steroid dienone is 2. The number of carbonyl (C=O) groups excluding carboxylic acids is 1. The van der Waals surface area contributed by atoms with E-state index in [1.54, 1.807) is 0 Å². The number of hydrogen-bond donors (Lipinski definition) is 0. The molecule has 1 atom stereocenters. The number of unbranched alkanes of at least 4 members (excludes halogenated alkanes) is 1. The van der Waals surface area contributed by atoms with E-state index in [0.717, 1.165) is 31.0 Å². The van der Waals surface area contributed by atoms with Gasteiger partial charge >= 0.3 is 0 Å². The molecule has 0 aromatic carbocycles. The highest BCUT2D eigenvalue weighted by Gasteiger charge is 2.29. The summed E-state index contributed by atoms with van der Waals surface area (Å²) in [5.74, 6) is 2.53. The van der Waals surface area contributed by atoms with Crippen LogP contribution in [0.1, 0.15) is 70.6 Å². The van der Waals surface area contributed by atoms with Crippen molar-refractivity contribution in [1.29, 1.82) is 0 Å². The smallest absolute Gasteiger partial charge is 0.223 e. The van der Waals surface area contributed by atoms with Crippen molar-refractivity contribution in [3.05, 3.63) is 23.8 Å². The van der Waals surface area contributed by atoms with Crippen molar-refractivity contribution in [1.82, 2.24) is 19.7 Å². The Kier molecular flexibility index (Phi) is 5.15. The average Bonchev–Trinajstić information content (AvgIpc) is 2.88. The van der Waals surface area contributed by atoms with Crippen LogP contribution in [0.3, 0.4) is 0 Å². The summed E-state index contributed by atoms with van der Waals surface area (Å²) in [5, 5.41) is 8.57. The lowest BCUT2D eigenvalue weighted by Gasteiger charge is -2.33. The first-order valence-electron chi connectivity index (χ1n) is 7.87. The van der Waals surface area contributed by atoms with Crippen LogP contribution in [0.4, 0.5) is 0 Å². The van der Waals surface area contributed by atoms with E-state index >= 15 is 0 Å². The fourth-order valence-electron chi connectivity index (χ4n) is 2.84. The molecule has 5 nitrogen and oxygen atoms in total. The van der Waals surface area contributed by atoms with Crippen LogP contribution in [0.5, 0.6) is 0 Å². The summed E-state index contributed by atoms with van der Waals surface area (Å²) < 4.78 is 2.20. The van der Waals surface area contributed by atoms with Crippen LogP contribution in [-0.2, 0) is 11.3 Å². The molecule has 0 saturated heterocycles. The molecular weight excluding hydrogens is 264 g/mol. The molecule has 1 amide bonds. The van der Waals surface area contributed by atoms with E-state index < -0.39 is 0 Å². The fourth-order valence-corrected chi connectivity index (χ4v) is 2.84. The normalized spacial score (nSPS) is 18.5. The molecule has 21 heavy (non-hydrogen) atoms. The van der Waals surface area contributed by atoms with Gasteiger partial charge in [-0.25, -0.2) is 0 Å². The van der Waals surface area contributed by atoms with Gasteiger partial charge in [0.05, 0.1) is 12.6 Å². The minimum absolute atomic E-state index is 0.228. The maximum absolute atomic E-state index is 12.3. The van der Waals surface area contributed by atoms with Crippen molar-refractivity contribution in [3.8, 4) is 0 Å². The topological polar surface area (TPSA) is 51.0 Å². The van der Waals surface area contributed by atoms with Crippen molar-refractivity contribution in [3.63, 3.8) is 0 Å². The third-order valence-electron chi connectivity index (χ3n) is 3.92. The summed E-state index contributed by atoms with van der Waals surface area (Å²) in [6.07, 6.45) is 6.64. The lowest BCUT2D eigenvalue weighted by Crippen LogP contribution is -2.40. The second-order valence-electron chi connectivity index (χ2n) is 6.08. The SMILES string of the molecule is CC=CCCCC(=O)N1Cc2nnc(C(C)C)n2[C@@H](C)C1. The Balaban J connectivity index is 2.01. The van der Waals surface area contributed by atoms with Crippen LogP contribution < -0.4 is 0 Å². The van der Waals surface area contributed by atoms with Crippen LogP contribution in [0, 0.1) is 0 Å². The highest BCUT2D eigenvalue weighted by molar-refractivity contribution is 5.76. The Morgan fingerprint density at radius 1 is 1.43 bits per heavy atom. The van der Waals surface area contributed by atoms with Crippen LogP contribution in [0.2, 0.25) is 0 Å². The zero-order valence-corrected chi connectivity index (χ0v) is 13.5. The quantitative estimate of drug-likeness (QED) is 0.618. The monoisotopic (exact) mass is 290 g/mol. The second kappa shape index (κ2) is 6.87. The van der Waals surface area contributed by atoms with Gasteiger partial charge in [-0.15, -0.1) is 10.2 Å². The second-order valence-corrected chi connectivity index (χ2v) is 6.08. The van der Waals surface area contributed by atoms with E-state index in [1.807, 2.05) is 17.9 Å². The number of aromatic nitrogens is 3. The average molecular weight is 290 g/mol. The van der Waals surface area contributed by atoms with E-state index in [1.165, 1.54) is 0 Å². The Hall–Kier alpha value is -1.65. The standard InChI is InChI=1S/C16H26N4O/c1-5-6-7-8-9-15(21)19-10-13(4)20-14(11-19)17-18-16(20)12(2)3/h5-6,12-13H,7-11H2,1-4H3/t13-/m0/s1. The van der Waals surface area contributed by atoms with Gasteiger partial charge in [0, 0.05) is 18.9 Å². The first kappa shape index (κ1) is 15.7. The van der Waals surface area contributed by atoms with Crippen molar-refractivity contribution in [2.24, 2.45) is 0 Å². The Labute approximate surface area is 127 Å². The van der Waals surface area contributed by atoms with Gasteiger partial charge in [-0.05, 0) is 26.7 Å². The molecule has 116 valence electrons. The van der Waals surface area contributed by atoms with Crippen molar-refractivity contribution in [2.45, 2.75) is 65.5 Å². The molecule has 0 saturated carbocycles. The molecule has 1 aromatic heterocycles. The maximum Gasteiger partial charge on any atom is 0.223 e. The van der Waals surface area contributed by atoms with E-state index in [4.69, 9.17) is 0 Å². The maximum atomic E-state index is 12.3. The van der Waals surface area contributed by atoms with Crippen molar-refractivity contribution in [2.75, 3.05) is 6.54 Å². The molecule has 0 unspecified atom stereocenters. The zero-order valence-electron chi connectivity index (χ0n) is 13.5. The number of fused-ring (bicyclic) bond motifs is 1. The van der Waals surface area contributed by atoms with E-state index in [2.05, 4.69) is 41.6 Å². The summed E-state index contributed by atoms with van der Waals surface area (Å²) >= 11 is 0. The molecule has 0 aliphatic carbocycles. The van der Waals surface area contributed by atoms with Gasteiger partial charge in [0.25, 0.3) is 0 Å². The molecule has 0 N–H and O–H groups in total. The molecule has 0 spiro atoms. The van der Waals surface area contributed by atoms with Gasteiger partial charge in [0.15, 0.2) is 5.82 Å². The Bertz CT molecular complexity index is 518. The largest absolute Gasteiger partial charge is 0.333 e. The van der Waals surface area contributed by atoms with E-state index in [0.29, 0.717) is 18.9 Å². The molecule has 1 aliphatic heterocycles. The first-order chi connectivity index (χ1) is 10.0. The molecule has 0 radical (unpaired) electrons. The number of carbonyl (C=O) groups is 1. The lowest BCUT2D eigenvalue weighted by atomic mass is 10.1. The number of hydrogen-bond acceptors (Lipinski definition) is 3. The molecule has 2 rings (SSSR count). The van der Waals surface area contributed by atoms with Gasteiger partial charge in [-0.2, -0.15) is 0 Å². The molecular formula is C16H26N4O. The molecule has 0 fully saturated rings. The highest BCUT2D eigenvalue weighted by atomic mass is 16.2. The van der Waals surface area contributed by atoms with Gasteiger partial charge in [-0.1, -0.05) is 26.0 Å². The highest BCUT2D eigenvalue weighted by Crippen LogP contribution is 2.25. The Morgan fingerprint density at radius 3 is 2.86 bits per heavy atom. The Morgan fingerprint density at radius 2 is 2.19 bits per heavy atom. The first-order valence-corrected chi connectivity index (χ1v) is 7.87. The minimum atomic E-state index is 0.228. The summed E-state index contributed by atoms with van der Waals surface area (Å²) in [4.78, 5) is 14.2. The van der Waals surface area contributed by atoms with Crippen molar-refractivity contribution < 1.29 is 4.79 Å². The number of amides is 1. The van der Waals surface area contributed by atoms with Crippen LogP contribution in [0.25, 0.3) is 0 Å². The minimum Gasteiger partial charge on any atom is -0.333 e. The van der Waals surface area contributed by atoms with Crippen LogP contribution in [-0.4, -0.2) is 32.1 Å². The molecule has 1 aromatic rings. The van der Waals surface area contributed by atoms with Gasteiger partial charge in [0.1, 0.15) is 5.82 Å². The predicted octanol–water partition coefficient (Wildman–Crippen LogP) is 3.05. The fraction of sp³-hybridized carbons (Fsp3) is 0.688. The number of nitrogens with zero attached hydrogens (tertiary/aromatic N) is 4. The summed E-state index contributed by atoms with van der Waals surface area (Å²) in [6, 6.07) is 0.251. The van der Waals surface area contributed by atoms with Gasteiger partial charge in [-0.3, -0.25) is 4.79 Å². The summed E-state index contributed by atoms with van der Waals surface area (Å²) in [5.41, 5.74) is 0. The lowest BCUT2D eigenvalue weighted by molar-refractivity contribution is -0.133.